The maximum atomic E-state index is 4.53. The first kappa shape index (κ1) is 24.7. The van der Waals surface area contributed by atoms with Gasteiger partial charge in [-0.05, 0) is 50.3 Å². The van der Waals surface area contributed by atoms with Crippen molar-refractivity contribution >= 4 is 29.9 Å². The molecule has 166 valence electrons. The molecule has 7 heteroatoms. The number of guanidine groups is 1. The second-order valence-electron chi connectivity index (χ2n) is 8.34. The van der Waals surface area contributed by atoms with Crippen molar-refractivity contribution in [2.75, 3.05) is 33.7 Å². The Hall–Kier alpha value is -1.61. The second-order valence-corrected chi connectivity index (χ2v) is 8.34. The van der Waals surface area contributed by atoms with Crippen LogP contribution in [-0.4, -0.2) is 65.3 Å². The van der Waals surface area contributed by atoms with Gasteiger partial charge in [0.1, 0.15) is 0 Å². The summed E-state index contributed by atoms with van der Waals surface area (Å²) < 4.78 is 1.89. The van der Waals surface area contributed by atoms with Crippen molar-refractivity contribution in [1.29, 1.82) is 0 Å². The molecule has 3 rings (SSSR count). The lowest BCUT2D eigenvalue weighted by Crippen LogP contribution is -2.42. The molecule has 2 atom stereocenters. The van der Waals surface area contributed by atoms with Gasteiger partial charge in [0.25, 0.3) is 0 Å². The molecular formula is C23H37IN6. The van der Waals surface area contributed by atoms with E-state index in [9.17, 15) is 0 Å². The lowest BCUT2D eigenvalue weighted by molar-refractivity contribution is 0.238. The summed E-state index contributed by atoms with van der Waals surface area (Å²) in [5.74, 6) is 1.71. The van der Waals surface area contributed by atoms with Crippen LogP contribution in [0.3, 0.4) is 0 Å². The van der Waals surface area contributed by atoms with Crippen LogP contribution in [0.4, 0.5) is 0 Å². The number of nitrogens with one attached hydrogen (secondary N) is 1. The maximum absolute atomic E-state index is 4.53. The second kappa shape index (κ2) is 12.3. The number of hydrogen-bond acceptors (Lipinski definition) is 3. The van der Waals surface area contributed by atoms with Crippen LogP contribution in [0, 0.1) is 5.92 Å². The van der Waals surface area contributed by atoms with E-state index < -0.39 is 0 Å². The minimum absolute atomic E-state index is 0. The summed E-state index contributed by atoms with van der Waals surface area (Å²) in [6, 6.07) is 11.2. The molecule has 1 fully saturated rings. The molecule has 1 aromatic carbocycles. The van der Waals surface area contributed by atoms with E-state index in [-0.39, 0.29) is 24.0 Å². The molecule has 0 saturated carbocycles. The predicted molar refractivity (Wildman–Crippen MR) is 135 cm³/mol. The molecule has 1 aliphatic rings. The summed E-state index contributed by atoms with van der Waals surface area (Å²) in [6.07, 6.45) is 7.52. The van der Waals surface area contributed by atoms with Crippen LogP contribution in [0.5, 0.6) is 0 Å². The van der Waals surface area contributed by atoms with Gasteiger partial charge in [-0.3, -0.25) is 14.6 Å². The van der Waals surface area contributed by atoms with Gasteiger partial charge in [0.15, 0.2) is 5.96 Å². The third-order valence-corrected chi connectivity index (χ3v) is 5.95. The lowest BCUT2D eigenvalue weighted by Gasteiger charge is -2.26. The molecule has 2 heterocycles. The molecule has 2 unspecified atom stereocenters. The van der Waals surface area contributed by atoms with Crippen LogP contribution in [0.15, 0.2) is 47.7 Å². The molecule has 0 aliphatic carbocycles. The van der Waals surface area contributed by atoms with E-state index in [1.807, 2.05) is 25.0 Å². The van der Waals surface area contributed by atoms with Gasteiger partial charge < -0.3 is 10.2 Å². The highest BCUT2D eigenvalue weighted by atomic mass is 127. The molecule has 0 bridgehead atoms. The van der Waals surface area contributed by atoms with E-state index in [0.717, 1.165) is 45.0 Å². The number of rotatable bonds is 8. The normalized spacial score (nSPS) is 17.8. The number of aryl methyl sites for hydroxylation is 1. The topological polar surface area (TPSA) is 48.7 Å². The Kier molecular flexibility index (Phi) is 10.1. The summed E-state index contributed by atoms with van der Waals surface area (Å²) in [5.41, 5.74) is 2.69. The van der Waals surface area contributed by atoms with Gasteiger partial charge in [0, 0.05) is 52.5 Å². The number of benzene rings is 1. The van der Waals surface area contributed by atoms with Crippen LogP contribution in [0.2, 0.25) is 0 Å². The standard InChI is InChI=1S/C23H36N6.HI/c1-19(27(3)16-20-8-6-5-7-9-20)10-12-25-23(24-2)29-13-11-21(18-29)14-22-15-26-28(4)17-22;/h5-9,15,17,19,21H,10-14,16,18H2,1-4H3,(H,24,25);1H. The molecule has 6 nitrogen and oxygen atoms in total. The Morgan fingerprint density at radius 2 is 2.07 bits per heavy atom. The summed E-state index contributed by atoms with van der Waals surface area (Å²) >= 11 is 0. The molecule has 1 saturated heterocycles. The SMILES string of the molecule is CN=C(NCCC(C)N(C)Cc1ccccc1)N1CCC(Cc2cnn(C)c2)C1.I. The van der Waals surface area contributed by atoms with Gasteiger partial charge in [0.05, 0.1) is 6.20 Å². The van der Waals surface area contributed by atoms with Crippen molar-refractivity contribution in [3.8, 4) is 0 Å². The van der Waals surface area contributed by atoms with Crippen LogP contribution in [-0.2, 0) is 20.0 Å². The molecule has 1 aromatic heterocycles. The number of likely N-dealkylation sites (tertiary alicyclic amines) is 1. The van der Waals surface area contributed by atoms with Crippen molar-refractivity contribution in [1.82, 2.24) is 24.9 Å². The van der Waals surface area contributed by atoms with Crippen molar-refractivity contribution in [3.05, 3.63) is 53.9 Å². The first-order chi connectivity index (χ1) is 14.0. The first-order valence-electron chi connectivity index (χ1n) is 10.7. The molecule has 30 heavy (non-hydrogen) atoms. The highest BCUT2D eigenvalue weighted by Gasteiger charge is 2.25. The fraction of sp³-hybridized carbons (Fsp3) is 0.565. The van der Waals surface area contributed by atoms with Crippen molar-refractivity contribution in [3.63, 3.8) is 0 Å². The monoisotopic (exact) mass is 524 g/mol. The number of halogens is 1. The van der Waals surface area contributed by atoms with Crippen molar-refractivity contribution in [2.24, 2.45) is 18.0 Å². The highest BCUT2D eigenvalue weighted by Crippen LogP contribution is 2.20. The van der Waals surface area contributed by atoms with Crippen LogP contribution >= 0.6 is 24.0 Å². The van der Waals surface area contributed by atoms with Crippen LogP contribution in [0.1, 0.15) is 30.9 Å². The average molecular weight is 524 g/mol. The third-order valence-electron chi connectivity index (χ3n) is 5.95. The minimum atomic E-state index is 0. The predicted octanol–water partition coefficient (Wildman–Crippen LogP) is 3.39. The zero-order valence-corrected chi connectivity index (χ0v) is 21.1. The van der Waals surface area contributed by atoms with Gasteiger partial charge in [-0.25, -0.2) is 0 Å². The lowest BCUT2D eigenvalue weighted by atomic mass is 10.0. The Balaban J connectivity index is 0.00000320. The van der Waals surface area contributed by atoms with E-state index in [2.05, 4.69) is 75.7 Å². The van der Waals surface area contributed by atoms with E-state index in [1.54, 1.807) is 0 Å². The Labute approximate surface area is 198 Å². The highest BCUT2D eigenvalue weighted by molar-refractivity contribution is 14.0. The minimum Gasteiger partial charge on any atom is -0.356 e. The number of hydrogen-bond donors (Lipinski definition) is 1. The number of aliphatic imine (C=N–C) groups is 1. The molecule has 0 radical (unpaired) electrons. The fourth-order valence-electron chi connectivity index (χ4n) is 4.08. The quantitative estimate of drug-likeness (QED) is 0.327. The van der Waals surface area contributed by atoms with Crippen molar-refractivity contribution < 1.29 is 0 Å². The van der Waals surface area contributed by atoms with Crippen LogP contribution in [0.25, 0.3) is 0 Å². The molecular weight excluding hydrogens is 487 g/mol. The van der Waals surface area contributed by atoms with Gasteiger partial charge in [-0.15, -0.1) is 24.0 Å². The number of aromatic nitrogens is 2. The molecule has 0 amide bonds. The van der Waals surface area contributed by atoms with E-state index in [4.69, 9.17) is 0 Å². The van der Waals surface area contributed by atoms with Gasteiger partial charge in [-0.1, -0.05) is 30.3 Å². The first-order valence-corrected chi connectivity index (χ1v) is 10.7. The molecule has 2 aromatic rings. The zero-order valence-electron chi connectivity index (χ0n) is 18.8. The maximum Gasteiger partial charge on any atom is 0.193 e. The third kappa shape index (κ3) is 7.27. The Morgan fingerprint density at radius 3 is 2.73 bits per heavy atom. The largest absolute Gasteiger partial charge is 0.356 e. The Bertz CT molecular complexity index is 775. The summed E-state index contributed by atoms with van der Waals surface area (Å²) in [6.45, 7) is 6.37. The van der Waals surface area contributed by atoms with E-state index in [1.165, 1.54) is 17.5 Å². The van der Waals surface area contributed by atoms with Gasteiger partial charge in [0.2, 0.25) is 0 Å². The molecule has 0 spiro atoms. The summed E-state index contributed by atoms with van der Waals surface area (Å²) in [7, 11) is 6.08. The summed E-state index contributed by atoms with van der Waals surface area (Å²) in [5, 5.41) is 7.87. The smallest absolute Gasteiger partial charge is 0.193 e. The average Bonchev–Trinajstić information content (AvgIpc) is 3.35. The van der Waals surface area contributed by atoms with Gasteiger partial charge >= 0.3 is 0 Å². The fourth-order valence-corrected chi connectivity index (χ4v) is 4.08. The van der Waals surface area contributed by atoms with Crippen molar-refractivity contribution in [2.45, 2.75) is 38.8 Å². The molecule has 1 aliphatic heterocycles. The van der Waals surface area contributed by atoms with Gasteiger partial charge in [-0.2, -0.15) is 5.10 Å². The van der Waals surface area contributed by atoms with Crippen LogP contribution < -0.4 is 5.32 Å². The Morgan fingerprint density at radius 1 is 1.30 bits per heavy atom. The number of nitrogens with zero attached hydrogens (tertiary/aromatic N) is 5. The molecule has 1 N–H and O–H groups in total. The van der Waals surface area contributed by atoms with E-state index >= 15 is 0 Å². The zero-order chi connectivity index (χ0) is 20.6. The summed E-state index contributed by atoms with van der Waals surface area (Å²) in [4.78, 5) is 9.34. The van der Waals surface area contributed by atoms with E-state index in [0.29, 0.717) is 12.0 Å².